The molecule has 0 saturated heterocycles. The monoisotopic (exact) mass is 457 g/mol. The van der Waals surface area contributed by atoms with Crippen LogP contribution in [0.1, 0.15) is 27.0 Å². The number of hydrogen-bond donors (Lipinski definition) is 2. The summed E-state index contributed by atoms with van der Waals surface area (Å²) in [5.41, 5.74) is 10.1. The molecule has 164 valence electrons. The van der Waals surface area contributed by atoms with Crippen LogP contribution in [0.3, 0.4) is 0 Å². The molecule has 3 aromatic heterocycles. The normalized spacial score (nSPS) is 11.1. The number of nitrogens with one attached hydrogen (secondary N) is 1. The molecule has 0 aliphatic heterocycles. The molecule has 2 aromatic carbocycles. The Hall–Kier alpha value is -4.24. The first-order chi connectivity index (χ1) is 16.1. The zero-order valence-corrected chi connectivity index (χ0v) is 18.4. The Morgan fingerprint density at radius 2 is 1.76 bits per heavy atom. The van der Waals surface area contributed by atoms with E-state index in [1.807, 2.05) is 35.7 Å². The number of esters is 1. The first-order valence-electron chi connectivity index (χ1n) is 10.3. The molecule has 0 aliphatic carbocycles. The Kier molecular flexibility index (Phi) is 5.23. The Bertz CT molecular complexity index is 1490. The van der Waals surface area contributed by atoms with Crippen LogP contribution in [0.5, 0.6) is 0 Å². The third-order valence-corrected chi connectivity index (χ3v) is 5.97. The van der Waals surface area contributed by atoms with E-state index in [0.717, 1.165) is 0 Å². The molecule has 0 atom stereocenters. The average molecular weight is 458 g/mol. The second-order valence-corrected chi connectivity index (χ2v) is 8.13. The minimum atomic E-state index is -0.553. The van der Waals surface area contributed by atoms with Crippen molar-refractivity contribution in [2.45, 2.75) is 6.92 Å². The van der Waals surface area contributed by atoms with Gasteiger partial charge in [0.25, 0.3) is 5.91 Å². The van der Waals surface area contributed by atoms with Gasteiger partial charge in [-0.15, -0.1) is 11.3 Å². The van der Waals surface area contributed by atoms with Crippen LogP contribution in [0, 0.1) is 0 Å². The standard InChI is InChI=1S/C24H19N5O3S/c1-2-32-24(31)19-20-22(28-17-7-4-3-6-16(17)27-20)29(21(19)25)15-11-9-14(10-12-15)26-23(30)18-8-5-13-33-18/h3-13H,2,25H2,1H3,(H,26,30). The minimum absolute atomic E-state index is 0.175. The van der Waals surface area contributed by atoms with Crippen molar-refractivity contribution in [2.75, 3.05) is 17.7 Å². The summed E-state index contributed by atoms with van der Waals surface area (Å²) < 4.78 is 6.90. The number of fused-ring (bicyclic) bond motifs is 2. The lowest BCUT2D eigenvalue weighted by Crippen LogP contribution is -2.10. The van der Waals surface area contributed by atoms with Gasteiger partial charge in [-0.05, 0) is 54.8 Å². The van der Waals surface area contributed by atoms with Gasteiger partial charge in [0, 0.05) is 11.4 Å². The third kappa shape index (κ3) is 3.68. The van der Waals surface area contributed by atoms with Gasteiger partial charge in [0.2, 0.25) is 0 Å². The van der Waals surface area contributed by atoms with Crippen LogP contribution in [0.4, 0.5) is 11.5 Å². The van der Waals surface area contributed by atoms with Crippen LogP contribution in [0.2, 0.25) is 0 Å². The number of aromatic nitrogens is 3. The molecule has 0 aliphatic rings. The Morgan fingerprint density at radius 3 is 2.42 bits per heavy atom. The number of nitrogens with zero attached hydrogens (tertiary/aromatic N) is 3. The Balaban J connectivity index is 1.61. The molecule has 8 nitrogen and oxygen atoms in total. The van der Waals surface area contributed by atoms with Crippen LogP contribution in [-0.2, 0) is 4.74 Å². The van der Waals surface area contributed by atoms with Crippen molar-refractivity contribution in [2.24, 2.45) is 0 Å². The summed E-state index contributed by atoms with van der Waals surface area (Å²) in [4.78, 5) is 35.1. The number of anilines is 2. The SMILES string of the molecule is CCOC(=O)c1c(N)n(-c2ccc(NC(=O)c3cccs3)cc2)c2nc3ccccc3nc12. The van der Waals surface area contributed by atoms with Gasteiger partial charge in [-0.1, -0.05) is 18.2 Å². The number of nitrogens with two attached hydrogens (primary N) is 1. The second kappa shape index (κ2) is 8.36. The number of hydrogen-bond acceptors (Lipinski definition) is 7. The Labute approximate surface area is 192 Å². The summed E-state index contributed by atoms with van der Waals surface area (Å²) >= 11 is 1.37. The average Bonchev–Trinajstić information content (AvgIpc) is 3.44. The van der Waals surface area contributed by atoms with Crippen LogP contribution >= 0.6 is 11.3 Å². The third-order valence-electron chi connectivity index (χ3n) is 5.11. The number of para-hydroxylation sites is 2. The fourth-order valence-corrected chi connectivity index (χ4v) is 4.24. The van der Waals surface area contributed by atoms with E-state index in [1.165, 1.54) is 11.3 Å². The van der Waals surface area contributed by atoms with Crippen molar-refractivity contribution in [3.05, 3.63) is 76.5 Å². The highest BCUT2D eigenvalue weighted by molar-refractivity contribution is 7.12. The summed E-state index contributed by atoms with van der Waals surface area (Å²) in [6, 6.07) is 18.1. The van der Waals surface area contributed by atoms with E-state index < -0.39 is 5.97 Å². The highest BCUT2D eigenvalue weighted by Gasteiger charge is 2.25. The van der Waals surface area contributed by atoms with Crippen molar-refractivity contribution < 1.29 is 14.3 Å². The van der Waals surface area contributed by atoms with Gasteiger partial charge < -0.3 is 15.8 Å². The molecule has 0 unspecified atom stereocenters. The van der Waals surface area contributed by atoms with E-state index >= 15 is 0 Å². The van der Waals surface area contributed by atoms with E-state index in [2.05, 4.69) is 10.3 Å². The number of benzene rings is 2. The van der Waals surface area contributed by atoms with Crippen LogP contribution in [-0.4, -0.2) is 33.0 Å². The predicted octanol–water partition coefficient (Wildman–Crippen LogP) is 4.65. The van der Waals surface area contributed by atoms with Crippen molar-refractivity contribution in [1.82, 2.24) is 14.5 Å². The maximum absolute atomic E-state index is 12.7. The lowest BCUT2D eigenvalue weighted by Gasteiger charge is -2.10. The van der Waals surface area contributed by atoms with Gasteiger partial charge in [-0.2, -0.15) is 0 Å². The van der Waals surface area contributed by atoms with E-state index in [9.17, 15) is 9.59 Å². The molecule has 0 radical (unpaired) electrons. The topological polar surface area (TPSA) is 112 Å². The summed E-state index contributed by atoms with van der Waals surface area (Å²) in [7, 11) is 0. The van der Waals surface area contributed by atoms with Crippen LogP contribution < -0.4 is 11.1 Å². The molecular formula is C24H19N5O3S. The molecule has 0 bridgehead atoms. The summed E-state index contributed by atoms with van der Waals surface area (Å²) in [6.07, 6.45) is 0. The summed E-state index contributed by atoms with van der Waals surface area (Å²) in [5, 5.41) is 4.72. The minimum Gasteiger partial charge on any atom is -0.462 e. The quantitative estimate of drug-likeness (QED) is 0.372. The first kappa shape index (κ1) is 20.7. The second-order valence-electron chi connectivity index (χ2n) is 7.18. The van der Waals surface area contributed by atoms with Gasteiger partial charge in [0.1, 0.15) is 16.9 Å². The highest BCUT2D eigenvalue weighted by atomic mass is 32.1. The molecule has 1 amide bonds. The van der Waals surface area contributed by atoms with Crippen molar-refractivity contribution >= 4 is 56.9 Å². The fourth-order valence-electron chi connectivity index (χ4n) is 3.62. The molecule has 0 fully saturated rings. The van der Waals surface area contributed by atoms with E-state index in [-0.39, 0.29) is 23.9 Å². The predicted molar refractivity (Wildman–Crippen MR) is 129 cm³/mol. The Morgan fingerprint density at radius 1 is 1.03 bits per heavy atom. The largest absolute Gasteiger partial charge is 0.462 e. The maximum atomic E-state index is 12.7. The van der Waals surface area contributed by atoms with E-state index in [0.29, 0.717) is 38.4 Å². The molecule has 3 heterocycles. The van der Waals surface area contributed by atoms with Crippen LogP contribution in [0.25, 0.3) is 27.9 Å². The molecule has 3 N–H and O–H groups in total. The zero-order chi connectivity index (χ0) is 22.9. The smallest absolute Gasteiger partial charge is 0.344 e. The van der Waals surface area contributed by atoms with Gasteiger partial charge in [0.05, 0.1) is 22.5 Å². The van der Waals surface area contributed by atoms with Crippen molar-refractivity contribution in [3.63, 3.8) is 0 Å². The first-order valence-corrected chi connectivity index (χ1v) is 11.1. The number of carbonyl (C=O) groups is 2. The van der Waals surface area contributed by atoms with Crippen LogP contribution in [0.15, 0.2) is 66.0 Å². The molecule has 9 heteroatoms. The maximum Gasteiger partial charge on any atom is 0.344 e. The number of carbonyl (C=O) groups excluding carboxylic acids is 2. The summed E-state index contributed by atoms with van der Waals surface area (Å²) in [6.45, 7) is 1.95. The summed E-state index contributed by atoms with van der Waals surface area (Å²) in [5.74, 6) is -0.539. The lowest BCUT2D eigenvalue weighted by atomic mass is 10.2. The molecular weight excluding hydrogens is 438 g/mol. The van der Waals surface area contributed by atoms with Gasteiger partial charge in [0.15, 0.2) is 5.65 Å². The molecule has 0 saturated carbocycles. The molecule has 0 spiro atoms. The lowest BCUT2D eigenvalue weighted by molar-refractivity contribution is 0.0529. The number of rotatable bonds is 5. The van der Waals surface area contributed by atoms with Gasteiger partial charge >= 0.3 is 5.97 Å². The van der Waals surface area contributed by atoms with Gasteiger partial charge in [-0.3, -0.25) is 9.36 Å². The van der Waals surface area contributed by atoms with Crippen molar-refractivity contribution in [3.8, 4) is 5.69 Å². The number of thiophene rings is 1. The number of nitrogen functional groups attached to an aromatic ring is 1. The fraction of sp³-hybridized carbons (Fsp3) is 0.0833. The zero-order valence-electron chi connectivity index (χ0n) is 17.6. The van der Waals surface area contributed by atoms with E-state index in [4.69, 9.17) is 15.5 Å². The van der Waals surface area contributed by atoms with Gasteiger partial charge in [-0.25, -0.2) is 14.8 Å². The number of ether oxygens (including phenoxy) is 1. The highest BCUT2D eigenvalue weighted by Crippen LogP contribution is 2.32. The molecule has 5 rings (SSSR count). The number of amides is 1. The molecule has 33 heavy (non-hydrogen) atoms. The molecule has 5 aromatic rings. The van der Waals surface area contributed by atoms with Crippen molar-refractivity contribution in [1.29, 1.82) is 0 Å². The van der Waals surface area contributed by atoms with E-state index in [1.54, 1.807) is 41.8 Å².